The summed E-state index contributed by atoms with van der Waals surface area (Å²) >= 11 is 0. The molecule has 1 unspecified atom stereocenters. The molecule has 1 atom stereocenters. The third kappa shape index (κ3) is 3.57. The standard InChI is InChI=1S/C17H22N4O3.ClH/c1-20-9-8-19-16(20)13-11-18-7-10-21(13)17(22)12-5-4-6-14(23-2)15(12)24-3;/h4-6,8-9,13,18H,7,10-11H2,1-3H3;1H. The minimum atomic E-state index is -0.123. The Balaban J connectivity index is 0.00000225. The van der Waals surface area contributed by atoms with E-state index in [9.17, 15) is 4.79 Å². The average Bonchev–Trinajstić information content (AvgIpc) is 3.06. The van der Waals surface area contributed by atoms with Gasteiger partial charge in [-0.3, -0.25) is 4.79 Å². The maximum atomic E-state index is 13.2. The molecule has 3 rings (SSSR count). The van der Waals surface area contributed by atoms with Gasteiger partial charge in [-0.2, -0.15) is 0 Å². The van der Waals surface area contributed by atoms with Gasteiger partial charge in [-0.1, -0.05) is 6.07 Å². The molecule has 25 heavy (non-hydrogen) atoms. The zero-order valence-corrected chi connectivity index (χ0v) is 15.4. The Labute approximate surface area is 153 Å². The highest BCUT2D eigenvalue weighted by Crippen LogP contribution is 2.33. The van der Waals surface area contributed by atoms with Gasteiger partial charge in [0.25, 0.3) is 5.91 Å². The van der Waals surface area contributed by atoms with E-state index >= 15 is 0 Å². The summed E-state index contributed by atoms with van der Waals surface area (Å²) in [6, 6.07) is 5.22. The number of hydrogen-bond acceptors (Lipinski definition) is 5. The van der Waals surface area contributed by atoms with Crippen molar-refractivity contribution >= 4 is 18.3 Å². The van der Waals surface area contributed by atoms with Crippen molar-refractivity contribution < 1.29 is 14.3 Å². The number of amides is 1. The monoisotopic (exact) mass is 366 g/mol. The van der Waals surface area contributed by atoms with E-state index in [1.165, 1.54) is 0 Å². The molecule has 1 fully saturated rings. The summed E-state index contributed by atoms with van der Waals surface area (Å²) in [5.74, 6) is 1.78. The summed E-state index contributed by atoms with van der Waals surface area (Å²) < 4.78 is 12.7. The number of aromatic nitrogens is 2. The van der Waals surface area contributed by atoms with Crippen LogP contribution in [0.2, 0.25) is 0 Å². The number of imidazole rings is 1. The van der Waals surface area contributed by atoms with Crippen molar-refractivity contribution in [1.29, 1.82) is 0 Å². The lowest BCUT2D eigenvalue weighted by Gasteiger charge is -2.36. The second-order valence-corrected chi connectivity index (χ2v) is 5.66. The van der Waals surface area contributed by atoms with Crippen LogP contribution in [0.5, 0.6) is 11.5 Å². The van der Waals surface area contributed by atoms with Crippen molar-refractivity contribution in [2.45, 2.75) is 6.04 Å². The van der Waals surface area contributed by atoms with E-state index in [4.69, 9.17) is 9.47 Å². The normalized spacial score (nSPS) is 16.9. The lowest BCUT2D eigenvalue weighted by Crippen LogP contribution is -2.49. The minimum Gasteiger partial charge on any atom is -0.493 e. The molecule has 1 aliphatic heterocycles. The predicted molar refractivity (Wildman–Crippen MR) is 96.6 cm³/mol. The highest BCUT2D eigenvalue weighted by Gasteiger charge is 2.32. The quantitative estimate of drug-likeness (QED) is 0.891. The average molecular weight is 367 g/mol. The molecule has 0 aliphatic carbocycles. The first kappa shape index (κ1) is 19.1. The van der Waals surface area contributed by atoms with Crippen LogP contribution >= 0.6 is 12.4 Å². The molecule has 8 heteroatoms. The van der Waals surface area contributed by atoms with Crippen molar-refractivity contribution in [3.8, 4) is 11.5 Å². The van der Waals surface area contributed by atoms with Gasteiger partial charge in [0.1, 0.15) is 11.9 Å². The number of carbonyl (C=O) groups excluding carboxylic acids is 1. The maximum absolute atomic E-state index is 13.2. The second kappa shape index (κ2) is 8.22. The number of ether oxygens (including phenoxy) is 2. The number of carbonyl (C=O) groups is 1. The minimum absolute atomic E-state index is 0. The summed E-state index contributed by atoms with van der Waals surface area (Å²) in [6.07, 6.45) is 3.64. The number of piperazine rings is 1. The molecular weight excluding hydrogens is 344 g/mol. The van der Waals surface area contributed by atoms with Gasteiger partial charge < -0.3 is 24.3 Å². The van der Waals surface area contributed by atoms with Crippen LogP contribution in [0.15, 0.2) is 30.6 Å². The van der Waals surface area contributed by atoms with Crippen molar-refractivity contribution in [3.05, 3.63) is 42.0 Å². The summed E-state index contributed by atoms with van der Waals surface area (Å²) in [6.45, 7) is 2.03. The summed E-state index contributed by atoms with van der Waals surface area (Å²) in [4.78, 5) is 19.4. The van der Waals surface area contributed by atoms with E-state index in [0.717, 1.165) is 12.4 Å². The van der Waals surface area contributed by atoms with Gasteiger partial charge in [-0.25, -0.2) is 4.98 Å². The van der Waals surface area contributed by atoms with Crippen molar-refractivity contribution in [3.63, 3.8) is 0 Å². The molecule has 0 saturated carbocycles. The first-order chi connectivity index (χ1) is 11.7. The van der Waals surface area contributed by atoms with Crippen LogP contribution in [0.1, 0.15) is 22.2 Å². The van der Waals surface area contributed by atoms with E-state index in [1.54, 1.807) is 38.6 Å². The van der Waals surface area contributed by atoms with E-state index in [0.29, 0.717) is 30.2 Å². The lowest BCUT2D eigenvalue weighted by atomic mass is 10.1. The molecule has 0 spiro atoms. The molecular formula is C17H23ClN4O3. The summed E-state index contributed by atoms with van der Waals surface area (Å²) in [5, 5.41) is 3.33. The Bertz CT molecular complexity index is 734. The molecule has 1 aromatic heterocycles. The molecule has 2 aromatic rings. The number of nitrogens with zero attached hydrogens (tertiary/aromatic N) is 3. The van der Waals surface area contributed by atoms with Crippen molar-refractivity contribution in [1.82, 2.24) is 19.8 Å². The van der Waals surface area contributed by atoms with Gasteiger partial charge in [0.05, 0.1) is 19.8 Å². The van der Waals surface area contributed by atoms with Gasteiger partial charge in [0, 0.05) is 39.1 Å². The molecule has 0 bridgehead atoms. The number of rotatable bonds is 4. The Hall–Kier alpha value is -2.25. The van der Waals surface area contributed by atoms with Crippen molar-refractivity contribution in [2.24, 2.45) is 7.05 Å². The zero-order chi connectivity index (χ0) is 17.1. The van der Waals surface area contributed by atoms with Gasteiger partial charge >= 0.3 is 0 Å². The molecule has 1 aliphatic rings. The van der Waals surface area contributed by atoms with Crippen molar-refractivity contribution in [2.75, 3.05) is 33.9 Å². The van der Waals surface area contributed by atoms with Crippen LogP contribution in [0.3, 0.4) is 0 Å². The third-order valence-corrected chi connectivity index (χ3v) is 4.29. The molecule has 1 N–H and O–H groups in total. The van der Waals surface area contributed by atoms with Crippen LogP contribution in [0.4, 0.5) is 0 Å². The van der Waals surface area contributed by atoms with Crippen LogP contribution in [-0.4, -0.2) is 54.2 Å². The molecule has 0 radical (unpaired) electrons. The van der Waals surface area contributed by atoms with Crippen LogP contribution < -0.4 is 14.8 Å². The largest absolute Gasteiger partial charge is 0.493 e. The fourth-order valence-corrected chi connectivity index (χ4v) is 3.09. The van der Waals surface area contributed by atoms with Crippen LogP contribution in [-0.2, 0) is 7.05 Å². The fraction of sp³-hybridized carbons (Fsp3) is 0.412. The maximum Gasteiger partial charge on any atom is 0.258 e. The predicted octanol–water partition coefficient (Wildman–Crippen LogP) is 1.65. The van der Waals surface area contributed by atoms with Gasteiger partial charge in [0.2, 0.25) is 0 Å². The molecule has 7 nitrogen and oxygen atoms in total. The SMILES string of the molecule is COc1cccc(C(=O)N2CCNCC2c2nccn2C)c1OC.Cl. The topological polar surface area (TPSA) is 68.6 Å². The molecule has 136 valence electrons. The smallest absolute Gasteiger partial charge is 0.258 e. The number of hydrogen-bond donors (Lipinski definition) is 1. The zero-order valence-electron chi connectivity index (χ0n) is 14.6. The number of benzene rings is 1. The molecule has 1 aromatic carbocycles. The number of para-hydroxylation sites is 1. The summed E-state index contributed by atoms with van der Waals surface area (Å²) in [5.41, 5.74) is 0.498. The molecule has 1 amide bonds. The van der Waals surface area contributed by atoms with E-state index < -0.39 is 0 Å². The number of methoxy groups -OCH3 is 2. The Morgan fingerprint density at radius 2 is 2.12 bits per heavy atom. The fourth-order valence-electron chi connectivity index (χ4n) is 3.09. The second-order valence-electron chi connectivity index (χ2n) is 5.66. The number of aryl methyl sites for hydroxylation is 1. The highest BCUT2D eigenvalue weighted by molar-refractivity contribution is 5.98. The van der Waals surface area contributed by atoms with Gasteiger partial charge in [0.15, 0.2) is 11.5 Å². The Morgan fingerprint density at radius 1 is 1.32 bits per heavy atom. The first-order valence-corrected chi connectivity index (χ1v) is 7.87. The van der Waals surface area contributed by atoms with Gasteiger partial charge in [-0.15, -0.1) is 12.4 Å². The van der Waals surface area contributed by atoms with E-state index in [2.05, 4.69) is 10.3 Å². The van der Waals surface area contributed by atoms with E-state index in [1.807, 2.05) is 22.7 Å². The van der Waals surface area contributed by atoms with E-state index in [-0.39, 0.29) is 24.4 Å². The lowest BCUT2D eigenvalue weighted by molar-refractivity contribution is 0.0617. The van der Waals surface area contributed by atoms with Crippen LogP contribution in [0, 0.1) is 0 Å². The van der Waals surface area contributed by atoms with Crippen LogP contribution in [0.25, 0.3) is 0 Å². The Kier molecular flexibility index (Phi) is 6.27. The highest BCUT2D eigenvalue weighted by atomic mass is 35.5. The summed E-state index contributed by atoms with van der Waals surface area (Å²) in [7, 11) is 5.04. The van der Waals surface area contributed by atoms with Gasteiger partial charge in [-0.05, 0) is 12.1 Å². The molecule has 2 heterocycles. The Morgan fingerprint density at radius 3 is 2.76 bits per heavy atom. The number of nitrogens with one attached hydrogen (secondary N) is 1. The number of halogens is 1. The first-order valence-electron chi connectivity index (χ1n) is 7.87. The third-order valence-electron chi connectivity index (χ3n) is 4.29. The molecule has 1 saturated heterocycles.